The quantitative estimate of drug-likeness (QED) is 0.0723. The molecule has 0 saturated heterocycles. The molecule has 22 N–H and O–H groups in total. The lowest BCUT2D eigenvalue weighted by Gasteiger charge is -2.37. The molecule has 718 valence electrons. The standard InChI is InChI=1S/C18H21N5O3.2C17H20N6O3.C13H15BrN2O3.C9H14N4O2.C7H7BrN2O2.C6H10O2.2ClH/c1-10-7-13(21-14-8-11(2)19-9-20-14)17(26)23-15(10)16(25)22-18(23)5-3-12(24)4-6-18;2*1-9-6-11(21-13-7-12(18)19-8-20-13)16(26)23-14(9)15(25)22-17(23)4-2-10(24)3-5-17;1-7-6-9(14)12(19)16-10(7)11(18)15-13(16)4-2-8(17)3-5-13;1-9(2,3)15-8(14)13-7-4-6(10)11-5-12-7;1-3-2-4(8)7(12)10-5(3)6(9)11;7-5-1-2-6(8)4-3-5;;/h7-9,12,24H,3-6H2,1-2H3,(H,22,25)(H,19,20,21);2*6-8,10,24H,2-5H2,1H3,(H,22,25)(H3,18,19,20,21);6,8,17H,2-5H2,1H3,(H,15,18);4-5H,1-3H3,(H3,10,11,12,13,14);2H,1H3,(H2,9,11)(H,10,12);5,7H,1-4H2;2*1H. The number of halogens is 4. The summed E-state index contributed by atoms with van der Waals surface area (Å²) in [4.78, 5) is 179. The van der Waals surface area contributed by atoms with Gasteiger partial charge < -0.3 is 95.4 Å². The topological polar surface area (TPSA) is 654 Å². The van der Waals surface area contributed by atoms with Crippen LogP contribution in [0, 0.1) is 41.5 Å². The van der Waals surface area contributed by atoms with Crippen LogP contribution in [0.3, 0.4) is 0 Å². The first-order chi connectivity index (χ1) is 62.3. The van der Waals surface area contributed by atoms with Gasteiger partial charge in [-0.2, -0.15) is 0 Å². The Morgan fingerprint density at radius 2 is 0.701 bits per heavy atom. The molecule has 4 aliphatic heterocycles. The van der Waals surface area contributed by atoms with E-state index in [4.69, 9.17) is 32.8 Å². The average molecular weight is 2020 g/mol. The third-order valence-electron chi connectivity index (χ3n) is 23.8. The summed E-state index contributed by atoms with van der Waals surface area (Å²) in [6.45, 7) is 16.1. The number of aryl methyl sites for hydroxylation is 6. The van der Waals surface area contributed by atoms with E-state index in [1.54, 1.807) is 96.2 Å². The number of hydrogen-bond acceptors (Lipinski definition) is 32. The van der Waals surface area contributed by atoms with Crippen LogP contribution in [0.4, 0.5) is 62.6 Å². The number of aliphatic hydroxyl groups is 5. The number of nitrogens with zero attached hydrogens (tertiary/aromatic N) is 12. The Kier molecular flexibility index (Phi) is 33.1. The van der Waals surface area contributed by atoms with Crippen LogP contribution in [0.25, 0.3) is 0 Å². The smallest absolute Gasteiger partial charge is 0.413 e. The van der Waals surface area contributed by atoms with Crippen molar-refractivity contribution in [3.05, 3.63) is 203 Å². The molecule has 4 spiro atoms. The average Bonchev–Trinajstić information content (AvgIpc) is 1.62. The largest absolute Gasteiger partial charge is 0.444 e. The van der Waals surface area contributed by atoms with E-state index in [0.29, 0.717) is 223 Å². The Bertz CT molecular complexity index is 5910. The Labute approximate surface area is 795 Å². The molecule has 5 aliphatic carbocycles. The number of fused-ring (bicyclic) bond motifs is 8. The second-order valence-corrected chi connectivity index (χ2v) is 36.6. The maximum absolute atomic E-state index is 13.2. The van der Waals surface area contributed by atoms with Crippen molar-refractivity contribution in [1.29, 1.82) is 0 Å². The highest BCUT2D eigenvalue weighted by Crippen LogP contribution is 2.43. The van der Waals surface area contributed by atoms with Crippen LogP contribution >= 0.6 is 56.7 Å². The number of anilines is 10. The van der Waals surface area contributed by atoms with Gasteiger partial charge in [-0.1, -0.05) is 0 Å². The minimum Gasteiger partial charge on any atom is -0.444 e. The first kappa shape index (κ1) is 104. The van der Waals surface area contributed by atoms with Gasteiger partial charge in [0.2, 0.25) is 0 Å². The Balaban J connectivity index is 0.000000166. The number of nitrogen functional groups attached to an aromatic ring is 3. The number of aliphatic hydroxyl groups excluding tert-OH is 5. The molecule has 0 radical (unpaired) electrons. The number of amides is 6. The van der Waals surface area contributed by atoms with Crippen molar-refractivity contribution in [2.75, 3.05) is 38.5 Å². The Morgan fingerprint density at radius 3 is 1.01 bits per heavy atom. The summed E-state index contributed by atoms with van der Waals surface area (Å²) in [5.41, 5.74) is 23.9. The van der Waals surface area contributed by atoms with Crippen molar-refractivity contribution in [2.24, 2.45) is 5.73 Å². The van der Waals surface area contributed by atoms with Crippen LogP contribution in [-0.4, -0.2) is 166 Å². The molecule has 0 aromatic carbocycles. The zero-order chi connectivity index (χ0) is 96.0. The predicted molar refractivity (Wildman–Crippen MR) is 507 cm³/mol. The van der Waals surface area contributed by atoms with E-state index in [0.717, 1.165) is 16.8 Å². The zero-order valence-electron chi connectivity index (χ0n) is 74.8. The van der Waals surface area contributed by atoms with Crippen molar-refractivity contribution in [3.63, 3.8) is 0 Å². The van der Waals surface area contributed by atoms with E-state index in [1.165, 1.54) is 43.5 Å². The molecule has 0 unspecified atom stereocenters. The highest BCUT2D eigenvalue weighted by Gasteiger charge is 2.51. The van der Waals surface area contributed by atoms with Crippen molar-refractivity contribution in [3.8, 4) is 0 Å². The first-order valence-corrected chi connectivity index (χ1v) is 44.4. The maximum atomic E-state index is 13.2. The van der Waals surface area contributed by atoms with Crippen LogP contribution in [-0.2, 0) is 32.2 Å². The lowest BCUT2D eigenvalue weighted by molar-refractivity contribution is -0.122. The van der Waals surface area contributed by atoms with Crippen molar-refractivity contribution >= 4 is 156 Å². The fourth-order valence-electron chi connectivity index (χ4n) is 17.4. The number of nitrogens with one attached hydrogen (secondary N) is 9. The van der Waals surface area contributed by atoms with Crippen LogP contribution in [0.5, 0.6) is 0 Å². The zero-order valence-corrected chi connectivity index (χ0v) is 79.6. The molecule has 134 heavy (non-hydrogen) atoms. The number of pyridine rings is 5. The van der Waals surface area contributed by atoms with Crippen LogP contribution < -0.4 is 93.3 Å². The fraction of sp³-hybridized carbons (Fsp3) is 0.448. The van der Waals surface area contributed by atoms with Crippen molar-refractivity contribution in [1.82, 2.24) is 84.4 Å². The molecule has 18 rings (SSSR count). The molecule has 47 heteroatoms. The van der Waals surface area contributed by atoms with E-state index in [-0.39, 0.29) is 118 Å². The monoisotopic (exact) mass is 2020 g/mol. The van der Waals surface area contributed by atoms with Gasteiger partial charge in [0.15, 0.2) is 0 Å². The highest BCUT2D eigenvalue weighted by atomic mass is 79.9. The molecule has 0 atom stereocenters. The van der Waals surface area contributed by atoms with E-state index >= 15 is 0 Å². The summed E-state index contributed by atoms with van der Waals surface area (Å²) in [5, 5.41) is 71.4. The lowest BCUT2D eigenvalue weighted by Crippen LogP contribution is -2.50. The number of Topliss-reactive ketones (excluding diaryl/α,β-unsaturated/α-hetero) is 1. The molecular formula is C87H109Br2Cl2N25O18. The van der Waals surface area contributed by atoms with Crippen LogP contribution in [0.15, 0.2) is 113 Å². The van der Waals surface area contributed by atoms with E-state index in [9.17, 15) is 78.0 Å². The molecule has 43 nitrogen and oxygen atoms in total. The third-order valence-corrected chi connectivity index (χ3v) is 25.0. The number of carbonyl (C=O) groups excluding carboxylic acids is 7. The number of aromatic amines is 1. The second-order valence-electron chi connectivity index (χ2n) is 34.9. The van der Waals surface area contributed by atoms with Crippen LogP contribution in [0.2, 0.25) is 0 Å². The van der Waals surface area contributed by atoms with Gasteiger partial charge >= 0.3 is 6.09 Å². The van der Waals surface area contributed by atoms with Crippen LogP contribution in [0.1, 0.15) is 235 Å². The van der Waals surface area contributed by atoms with Gasteiger partial charge in [-0.25, -0.2) is 44.7 Å². The number of hydrogen-bond donors (Lipinski definition) is 18. The molecule has 5 fully saturated rings. The molecule has 13 heterocycles. The molecule has 9 aliphatic rings. The van der Waals surface area contributed by atoms with Crippen molar-refractivity contribution < 1.29 is 63.8 Å². The molecular weight excluding hydrogens is 1910 g/mol. The molecule has 6 amide bonds. The summed E-state index contributed by atoms with van der Waals surface area (Å²) in [6, 6.07) is 14.5. The highest BCUT2D eigenvalue weighted by molar-refractivity contribution is 9.10. The van der Waals surface area contributed by atoms with Gasteiger partial charge in [0.1, 0.15) is 146 Å². The first-order valence-electron chi connectivity index (χ1n) is 42.8. The van der Waals surface area contributed by atoms with Gasteiger partial charge in [0, 0.05) is 42.8 Å². The van der Waals surface area contributed by atoms with Gasteiger partial charge in [-0.15, -0.1) is 24.8 Å². The summed E-state index contributed by atoms with van der Waals surface area (Å²) < 4.78 is 12.1. The molecule has 0 bridgehead atoms. The van der Waals surface area contributed by atoms with Gasteiger partial charge in [-0.05, 0) is 268 Å². The molecule has 5 saturated carbocycles. The normalized spacial score (nSPS) is 21.9. The summed E-state index contributed by atoms with van der Waals surface area (Å²) in [6.07, 6.45) is 14.3. The number of aromatic nitrogens is 13. The minimum atomic E-state index is -0.782. The van der Waals surface area contributed by atoms with Gasteiger partial charge in [0.05, 0.1) is 39.5 Å². The SMILES string of the molecule is CC(C)(C)OC(=O)Nc1cc(N)ncn1.Cc1cc(Br)c(=O)[nH]c1C(N)=O.Cc1cc(Br)c(=O)n2c1C(=O)NC21CCC(O)CC1.Cc1cc(Nc2cc(C)c3n(c2=O)C2(CCC(O)CC2)NC3=O)ncn1.Cc1cc(Nc2cc(N)ncn2)c(=O)n2c1C(=O)NC21CCC(O)CC1.Cc1cc(Nc2cc(N)ncn2)c(=O)n2c1C(=O)NC21CCC(O)CC1.Cl.Cl.O=C1CCC(O)CC1. The van der Waals surface area contributed by atoms with E-state index in [1.807, 2.05) is 20.8 Å². The third kappa shape index (κ3) is 23.6. The van der Waals surface area contributed by atoms with Crippen molar-refractivity contribution in [2.45, 2.75) is 250 Å². The number of carbonyl (C=O) groups is 7. The second kappa shape index (κ2) is 42.8. The number of ether oxygens (including phenoxy) is 1. The number of primary amides is 1. The summed E-state index contributed by atoms with van der Waals surface area (Å²) >= 11 is 6.29. The Morgan fingerprint density at radius 1 is 0.410 bits per heavy atom. The van der Waals surface area contributed by atoms with E-state index in [2.05, 4.69) is 119 Å². The van der Waals surface area contributed by atoms with E-state index < -0.39 is 52.5 Å². The summed E-state index contributed by atoms with van der Waals surface area (Å²) in [7, 11) is 0. The maximum Gasteiger partial charge on any atom is 0.413 e. The number of ketones is 1. The number of rotatable bonds is 8. The summed E-state index contributed by atoms with van der Waals surface area (Å²) in [5.74, 6) is 1.24. The minimum absolute atomic E-state index is 0. The van der Waals surface area contributed by atoms with Gasteiger partial charge in [0.25, 0.3) is 57.3 Å². The van der Waals surface area contributed by atoms with Gasteiger partial charge in [-0.3, -0.25) is 76.3 Å². The predicted octanol–water partition coefficient (Wildman–Crippen LogP) is 7.07. The molecule has 9 aromatic rings. The lowest BCUT2D eigenvalue weighted by atomic mass is 9.87. The number of nitrogens with two attached hydrogens (primary N) is 4. The fourth-order valence-corrected chi connectivity index (χ4v) is 18.4. The molecule has 9 aromatic heterocycles. The Hall–Kier alpha value is -12.5. The number of H-pyrrole nitrogens is 1.